The first-order valence-corrected chi connectivity index (χ1v) is 9.44. The van der Waals surface area contributed by atoms with Gasteiger partial charge in [-0.2, -0.15) is 0 Å². The lowest BCUT2D eigenvalue weighted by molar-refractivity contribution is -0.147. The van der Waals surface area contributed by atoms with Gasteiger partial charge in [0, 0.05) is 49.9 Å². The molecule has 2 aliphatic heterocycles. The number of rotatable bonds is 5. The Balaban J connectivity index is 0.00000243. The van der Waals surface area contributed by atoms with Gasteiger partial charge in [-0.1, -0.05) is 13.8 Å². The van der Waals surface area contributed by atoms with Gasteiger partial charge in [0.25, 0.3) is 0 Å². The van der Waals surface area contributed by atoms with Crippen LogP contribution in [0.5, 0.6) is 0 Å². The summed E-state index contributed by atoms with van der Waals surface area (Å²) in [6, 6.07) is 0.330. The molecule has 0 aromatic rings. The van der Waals surface area contributed by atoms with Gasteiger partial charge in [-0.05, 0) is 19.8 Å². The molecule has 3 fully saturated rings. The highest BCUT2D eigenvalue weighted by atomic mass is 127. The van der Waals surface area contributed by atoms with E-state index in [-0.39, 0.29) is 41.2 Å². The number of nitrogens with zero attached hydrogens (tertiary/aromatic N) is 2. The van der Waals surface area contributed by atoms with Gasteiger partial charge in [0.05, 0.1) is 12.6 Å². The summed E-state index contributed by atoms with van der Waals surface area (Å²) in [4.78, 5) is 29.7. The number of amides is 2. The lowest BCUT2D eigenvalue weighted by Gasteiger charge is -2.54. The molecular weight excluding hydrogens is 447 g/mol. The summed E-state index contributed by atoms with van der Waals surface area (Å²) in [5, 5.41) is 6.82. The monoisotopic (exact) mass is 478 g/mol. The summed E-state index contributed by atoms with van der Waals surface area (Å²) in [6.07, 6.45) is 3.02. The fraction of sp³-hybridized carbons (Fsp3) is 0.833. The predicted octanol–water partition coefficient (Wildman–Crippen LogP) is 1.51. The second kappa shape index (κ2) is 8.86. The molecule has 0 bridgehead atoms. The number of guanidine groups is 1. The van der Waals surface area contributed by atoms with Crippen molar-refractivity contribution in [3.05, 3.63) is 0 Å². The van der Waals surface area contributed by atoms with Crippen LogP contribution in [0.1, 0.15) is 46.5 Å². The Morgan fingerprint density at radius 1 is 1.31 bits per heavy atom. The molecule has 0 spiro atoms. The van der Waals surface area contributed by atoms with E-state index in [1.165, 1.54) is 4.90 Å². The number of imide groups is 1. The van der Waals surface area contributed by atoms with Gasteiger partial charge in [0.15, 0.2) is 5.96 Å². The molecule has 26 heavy (non-hydrogen) atoms. The fourth-order valence-electron chi connectivity index (χ4n) is 4.40. The van der Waals surface area contributed by atoms with Gasteiger partial charge >= 0.3 is 0 Å². The van der Waals surface area contributed by atoms with Crippen LogP contribution in [0.25, 0.3) is 0 Å². The van der Waals surface area contributed by atoms with E-state index in [1.54, 1.807) is 0 Å². The van der Waals surface area contributed by atoms with Gasteiger partial charge in [-0.25, -0.2) is 0 Å². The third-order valence-electron chi connectivity index (χ3n) is 5.71. The van der Waals surface area contributed by atoms with Crippen LogP contribution in [0.15, 0.2) is 4.99 Å². The van der Waals surface area contributed by atoms with Crippen LogP contribution in [-0.2, 0) is 14.3 Å². The van der Waals surface area contributed by atoms with Gasteiger partial charge in [0.1, 0.15) is 0 Å². The van der Waals surface area contributed by atoms with Crippen molar-refractivity contribution < 1.29 is 14.3 Å². The summed E-state index contributed by atoms with van der Waals surface area (Å²) < 4.78 is 5.84. The van der Waals surface area contributed by atoms with Crippen molar-refractivity contribution in [2.24, 2.45) is 16.3 Å². The van der Waals surface area contributed by atoms with Crippen LogP contribution in [0.2, 0.25) is 0 Å². The topological polar surface area (TPSA) is 83.0 Å². The van der Waals surface area contributed by atoms with E-state index >= 15 is 0 Å². The van der Waals surface area contributed by atoms with Gasteiger partial charge in [-0.15, -0.1) is 24.0 Å². The first-order valence-electron chi connectivity index (χ1n) is 9.44. The molecule has 1 aliphatic carbocycles. The number of nitrogens with one attached hydrogen (secondary N) is 2. The number of ether oxygens (including phenoxy) is 1. The average Bonchev–Trinajstić information content (AvgIpc) is 3.02. The Morgan fingerprint density at radius 3 is 2.65 bits per heavy atom. The maximum absolute atomic E-state index is 11.9. The second-order valence-electron chi connectivity index (χ2n) is 7.74. The van der Waals surface area contributed by atoms with Crippen molar-refractivity contribution in [3.8, 4) is 0 Å². The van der Waals surface area contributed by atoms with E-state index in [0.717, 1.165) is 25.5 Å². The smallest absolute Gasteiger partial charge is 0.229 e. The molecule has 3 unspecified atom stereocenters. The molecule has 2 amide bonds. The third-order valence-corrected chi connectivity index (χ3v) is 5.71. The highest BCUT2D eigenvalue weighted by Crippen LogP contribution is 2.52. The number of halogens is 1. The number of hydrogen-bond acceptors (Lipinski definition) is 4. The van der Waals surface area contributed by atoms with Crippen molar-refractivity contribution in [1.29, 1.82) is 0 Å². The standard InChI is InChI=1S/C18H30N4O3.HI/c1-4-19-17(20-9-10-22-13(23)6-5-7-14(22)24)21-15-12-8-11-25-16(12)18(15,2)3;/h12,15-16H,4-11H2,1-3H3,(H2,19,20,21);1H. The maximum Gasteiger partial charge on any atom is 0.229 e. The predicted molar refractivity (Wildman–Crippen MR) is 111 cm³/mol. The number of piperidine rings is 1. The third kappa shape index (κ3) is 4.16. The van der Waals surface area contributed by atoms with Crippen LogP contribution in [0.4, 0.5) is 0 Å². The Kier molecular flexibility index (Phi) is 7.29. The molecule has 3 atom stereocenters. The first kappa shape index (κ1) is 21.4. The molecule has 1 saturated carbocycles. The minimum absolute atomic E-state index is 0. The van der Waals surface area contributed by atoms with E-state index in [0.29, 0.717) is 50.4 Å². The Labute approximate surface area is 172 Å². The van der Waals surface area contributed by atoms with Gasteiger partial charge in [0.2, 0.25) is 11.8 Å². The molecule has 148 valence electrons. The number of aliphatic imine (C=N–C) groups is 1. The van der Waals surface area contributed by atoms with E-state index in [1.807, 2.05) is 6.92 Å². The van der Waals surface area contributed by atoms with Crippen LogP contribution in [-0.4, -0.2) is 61.1 Å². The fourth-order valence-corrected chi connectivity index (χ4v) is 4.40. The van der Waals surface area contributed by atoms with Crippen molar-refractivity contribution in [2.75, 3.05) is 26.2 Å². The van der Waals surface area contributed by atoms with Crippen LogP contribution < -0.4 is 10.6 Å². The lowest BCUT2D eigenvalue weighted by Crippen LogP contribution is -2.68. The number of likely N-dealkylation sites (tertiary alicyclic amines) is 1. The van der Waals surface area contributed by atoms with Crippen LogP contribution in [0, 0.1) is 11.3 Å². The van der Waals surface area contributed by atoms with E-state index in [4.69, 9.17) is 4.74 Å². The van der Waals surface area contributed by atoms with Crippen molar-refractivity contribution >= 4 is 41.8 Å². The van der Waals surface area contributed by atoms with Crippen molar-refractivity contribution in [1.82, 2.24) is 15.5 Å². The molecule has 2 heterocycles. The molecule has 2 N–H and O–H groups in total. The summed E-state index contributed by atoms with van der Waals surface area (Å²) in [7, 11) is 0. The molecule has 7 nitrogen and oxygen atoms in total. The van der Waals surface area contributed by atoms with Crippen molar-refractivity contribution in [2.45, 2.75) is 58.6 Å². The zero-order chi connectivity index (χ0) is 18.0. The molecule has 3 aliphatic rings. The second-order valence-corrected chi connectivity index (χ2v) is 7.74. The highest BCUT2D eigenvalue weighted by molar-refractivity contribution is 14.0. The summed E-state index contributed by atoms with van der Waals surface area (Å²) in [5.74, 6) is 1.14. The lowest BCUT2D eigenvalue weighted by atomic mass is 9.57. The molecule has 8 heteroatoms. The summed E-state index contributed by atoms with van der Waals surface area (Å²) in [5.41, 5.74) is 0.0795. The maximum atomic E-state index is 11.9. The van der Waals surface area contributed by atoms with E-state index < -0.39 is 0 Å². The Bertz CT molecular complexity index is 551. The Morgan fingerprint density at radius 2 is 2.00 bits per heavy atom. The number of hydrogen-bond donors (Lipinski definition) is 2. The van der Waals surface area contributed by atoms with E-state index in [2.05, 4.69) is 29.5 Å². The van der Waals surface area contributed by atoms with Gasteiger partial charge < -0.3 is 15.4 Å². The largest absolute Gasteiger partial charge is 0.377 e. The van der Waals surface area contributed by atoms with Gasteiger partial charge in [-0.3, -0.25) is 19.5 Å². The number of carbonyl (C=O) groups excluding carboxylic acids is 2. The first-order chi connectivity index (χ1) is 11.9. The number of fused-ring (bicyclic) bond motifs is 1. The minimum atomic E-state index is -0.0736. The molecule has 0 aromatic carbocycles. The van der Waals surface area contributed by atoms with Crippen molar-refractivity contribution in [3.63, 3.8) is 0 Å². The molecule has 0 radical (unpaired) electrons. The highest BCUT2D eigenvalue weighted by Gasteiger charge is 2.59. The minimum Gasteiger partial charge on any atom is -0.377 e. The molecular formula is C18H31IN4O3. The van der Waals surface area contributed by atoms with E-state index in [9.17, 15) is 9.59 Å². The SMILES string of the molecule is CCNC(=NCCN1C(=O)CCCC1=O)NC1C2CCOC2C1(C)C.I. The average molecular weight is 478 g/mol. The summed E-state index contributed by atoms with van der Waals surface area (Å²) in [6.45, 7) is 8.87. The van der Waals surface area contributed by atoms with Crippen LogP contribution in [0.3, 0.4) is 0 Å². The molecule has 2 saturated heterocycles. The Hall–Kier alpha value is -0.900. The molecule has 0 aromatic heterocycles. The normalized spacial score (nSPS) is 30.3. The number of carbonyl (C=O) groups is 2. The van der Waals surface area contributed by atoms with Crippen LogP contribution >= 0.6 is 24.0 Å². The summed E-state index contributed by atoms with van der Waals surface area (Å²) >= 11 is 0. The molecule has 3 rings (SSSR count). The zero-order valence-corrected chi connectivity index (χ0v) is 18.2. The quantitative estimate of drug-likeness (QED) is 0.271. The zero-order valence-electron chi connectivity index (χ0n) is 15.9.